The molecule has 2 aromatic carbocycles. The molecule has 0 aliphatic carbocycles. The molecular weight excluding hydrogens is 263 g/mol. The first-order valence-corrected chi connectivity index (χ1v) is 6.20. The third-order valence-electron chi connectivity index (χ3n) is 2.75. The largest absolute Gasteiger partial charge is 0.294 e. The Labute approximate surface area is 116 Å². The van der Waals surface area contributed by atoms with Crippen LogP contribution in [0.25, 0.3) is 0 Å². The van der Waals surface area contributed by atoms with Gasteiger partial charge in [0.05, 0.1) is 6.07 Å². The number of nitrogens with one attached hydrogen (secondary N) is 1. The van der Waals surface area contributed by atoms with Crippen LogP contribution in [0, 0.1) is 17.1 Å². The van der Waals surface area contributed by atoms with Crippen LogP contribution in [-0.4, -0.2) is 0 Å². The standard InChI is InChI=1S/C15H12ClFN2/c16-12-6-7-14(17)13(8-12)15(9-18)19-10-11-4-2-1-3-5-11/h1-8,15,19H,10H2. The van der Waals surface area contributed by atoms with Crippen LogP contribution in [-0.2, 0) is 6.54 Å². The summed E-state index contributed by atoms with van der Waals surface area (Å²) in [6.07, 6.45) is 0. The maximum atomic E-state index is 13.7. The van der Waals surface area contributed by atoms with E-state index in [2.05, 4.69) is 5.32 Å². The Morgan fingerprint density at radius 1 is 1.21 bits per heavy atom. The topological polar surface area (TPSA) is 35.8 Å². The van der Waals surface area contributed by atoms with Crippen molar-refractivity contribution in [2.45, 2.75) is 12.6 Å². The van der Waals surface area contributed by atoms with E-state index >= 15 is 0 Å². The fourth-order valence-corrected chi connectivity index (χ4v) is 1.96. The first-order chi connectivity index (χ1) is 9.20. The lowest BCUT2D eigenvalue weighted by Crippen LogP contribution is -2.20. The van der Waals surface area contributed by atoms with Crippen molar-refractivity contribution in [2.75, 3.05) is 0 Å². The fraction of sp³-hybridized carbons (Fsp3) is 0.133. The van der Waals surface area contributed by atoms with Crippen LogP contribution in [0.5, 0.6) is 0 Å². The number of rotatable bonds is 4. The molecule has 2 rings (SSSR count). The van der Waals surface area contributed by atoms with E-state index in [4.69, 9.17) is 16.9 Å². The molecule has 2 nitrogen and oxygen atoms in total. The Balaban J connectivity index is 2.13. The molecule has 0 aliphatic rings. The molecule has 0 aromatic heterocycles. The molecular formula is C15H12ClFN2. The van der Waals surface area contributed by atoms with Gasteiger partial charge in [-0.1, -0.05) is 41.9 Å². The monoisotopic (exact) mass is 274 g/mol. The lowest BCUT2D eigenvalue weighted by atomic mass is 10.1. The Morgan fingerprint density at radius 2 is 1.95 bits per heavy atom. The minimum atomic E-state index is -0.723. The summed E-state index contributed by atoms with van der Waals surface area (Å²) in [6, 6.07) is 15.2. The van der Waals surface area contributed by atoms with Gasteiger partial charge in [-0.2, -0.15) is 5.26 Å². The number of benzene rings is 2. The first-order valence-electron chi connectivity index (χ1n) is 5.82. The molecule has 0 spiro atoms. The molecule has 2 aromatic rings. The molecule has 0 aliphatic heterocycles. The number of nitriles is 1. The normalized spacial score (nSPS) is 11.8. The third kappa shape index (κ3) is 3.54. The van der Waals surface area contributed by atoms with Crippen molar-refractivity contribution in [1.29, 1.82) is 5.26 Å². The average molecular weight is 275 g/mol. The molecule has 19 heavy (non-hydrogen) atoms. The van der Waals surface area contributed by atoms with E-state index in [0.717, 1.165) is 5.56 Å². The first kappa shape index (κ1) is 13.5. The van der Waals surface area contributed by atoms with Crippen LogP contribution in [0.2, 0.25) is 5.02 Å². The quantitative estimate of drug-likeness (QED) is 0.920. The average Bonchev–Trinajstić information content (AvgIpc) is 2.44. The van der Waals surface area contributed by atoms with E-state index in [0.29, 0.717) is 11.6 Å². The van der Waals surface area contributed by atoms with Gasteiger partial charge >= 0.3 is 0 Å². The van der Waals surface area contributed by atoms with Crippen LogP contribution >= 0.6 is 11.6 Å². The number of hydrogen-bond acceptors (Lipinski definition) is 2. The Bertz CT molecular complexity index is 593. The lowest BCUT2D eigenvalue weighted by molar-refractivity contribution is 0.562. The van der Waals surface area contributed by atoms with E-state index in [1.54, 1.807) is 0 Å². The van der Waals surface area contributed by atoms with Gasteiger partial charge in [-0.15, -0.1) is 0 Å². The van der Waals surface area contributed by atoms with Crippen molar-refractivity contribution in [2.24, 2.45) is 0 Å². The van der Waals surface area contributed by atoms with Gasteiger partial charge < -0.3 is 0 Å². The molecule has 0 radical (unpaired) electrons. The molecule has 0 amide bonds. The summed E-state index contributed by atoms with van der Waals surface area (Å²) in [6.45, 7) is 0.491. The summed E-state index contributed by atoms with van der Waals surface area (Å²) < 4.78 is 13.7. The van der Waals surface area contributed by atoms with E-state index < -0.39 is 11.9 Å². The minimum Gasteiger partial charge on any atom is -0.294 e. The summed E-state index contributed by atoms with van der Waals surface area (Å²) in [4.78, 5) is 0. The van der Waals surface area contributed by atoms with Gasteiger partial charge in [0.15, 0.2) is 0 Å². The maximum Gasteiger partial charge on any atom is 0.129 e. The van der Waals surface area contributed by atoms with Crippen molar-refractivity contribution in [3.05, 3.63) is 70.5 Å². The van der Waals surface area contributed by atoms with Crippen LogP contribution < -0.4 is 5.32 Å². The highest BCUT2D eigenvalue weighted by atomic mass is 35.5. The van der Waals surface area contributed by atoms with Gasteiger partial charge in [0.1, 0.15) is 11.9 Å². The molecule has 4 heteroatoms. The van der Waals surface area contributed by atoms with E-state index in [1.807, 2.05) is 36.4 Å². The van der Waals surface area contributed by atoms with Gasteiger partial charge in [-0.25, -0.2) is 4.39 Å². The van der Waals surface area contributed by atoms with Gasteiger partial charge in [0, 0.05) is 17.1 Å². The summed E-state index contributed by atoms with van der Waals surface area (Å²) in [5, 5.41) is 12.6. The highest BCUT2D eigenvalue weighted by Gasteiger charge is 2.15. The van der Waals surface area contributed by atoms with Gasteiger partial charge in [-0.05, 0) is 23.8 Å². The fourth-order valence-electron chi connectivity index (χ4n) is 1.78. The van der Waals surface area contributed by atoms with Crippen LogP contribution in [0.3, 0.4) is 0 Å². The summed E-state index contributed by atoms with van der Waals surface area (Å²) in [7, 11) is 0. The number of nitrogens with zero attached hydrogens (tertiary/aromatic N) is 1. The number of hydrogen-bond donors (Lipinski definition) is 1. The molecule has 96 valence electrons. The highest BCUT2D eigenvalue weighted by molar-refractivity contribution is 6.30. The Morgan fingerprint density at radius 3 is 2.63 bits per heavy atom. The van der Waals surface area contributed by atoms with Gasteiger partial charge in [0.2, 0.25) is 0 Å². The smallest absolute Gasteiger partial charge is 0.129 e. The van der Waals surface area contributed by atoms with Crippen molar-refractivity contribution >= 4 is 11.6 Å². The third-order valence-corrected chi connectivity index (χ3v) is 2.99. The maximum absolute atomic E-state index is 13.7. The Hall–Kier alpha value is -1.89. The van der Waals surface area contributed by atoms with Crippen LogP contribution in [0.15, 0.2) is 48.5 Å². The van der Waals surface area contributed by atoms with Crippen molar-refractivity contribution in [3.63, 3.8) is 0 Å². The molecule has 1 atom stereocenters. The molecule has 0 bridgehead atoms. The Kier molecular flexibility index (Phi) is 4.51. The van der Waals surface area contributed by atoms with Crippen molar-refractivity contribution in [1.82, 2.24) is 5.32 Å². The molecule has 0 fully saturated rings. The van der Waals surface area contributed by atoms with Crippen molar-refractivity contribution in [3.8, 4) is 6.07 Å². The second-order valence-electron chi connectivity index (χ2n) is 4.09. The predicted molar refractivity (Wildman–Crippen MR) is 73.0 cm³/mol. The summed E-state index contributed by atoms with van der Waals surface area (Å²) >= 11 is 5.83. The van der Waals surface area contributed by atoms with Crippen LogP contribution in [0.1, 0.15) is 17.2 Å². The zero-order valence-corrected chi connectivity index (χ0v) is 10.9. The van der Waals surface area contributed by atoms with Gasteiger partial charge in [-0.3, -0.25) is 5.32 Å². The molecule has 1 unspecified atom stereocenters. The highest BCUT2D eigenvalue weighted by Crippen LogP contribution is 2.21. The summed E-state index contributed by atoms with van der Waals surface area (Å²) in [5.74, 6) is -0.434. The zero-order valence-electron chi connectivity index (χ0n) is 10.1. The lowest BCUT2D eigenvalue weighted by Gasteiger charge is -2.13. The van der Waals surface area contributed by atoms with E-state index in [-0.39, 0.29) is 5.56 Å². The molecule has 0 saturated carbocycles. The van der Waals surface area contributed by atoms with Crippen LogP contribution in [0.4, 0.5) is 4.39 Å². The second-order valence-corrected chi connectivity index (χ2v) is 4.53. The van der Waals surface area contributed by atoms with Gasteiger partial charge in [0.25, 0.3) is 0 Å². The SMILES string of the molecule is N#CC(NCc1ccccc1)c1cc(Cl)ccc1F. The summed E-state index contributed by atoms with van der Waals surface area (Å²) in [5.41, 5.74) is 1.30. The molecule has 1 N–H and O–H groups in total. The minimum absolute atomic E-state index is 0.269. The molecule has 0 heterocycles. The zero-order chi connectivity index (χ0) is 13.7. The van der Waals surface area contributed by atoms with E-state index in [1.165, 1.54) is 18.2 Å². The number of halogens is 2. The molecule has 0 saturated heterocycles. The predicted octanol–water partition coefficient (Wildman–Crippen LogP) is 3.83. The second kappa shape index (κ2) is 6.33. The van der Waals surface area contributed by atoms with Crippen molar-refractivity contribution < 1.29 is 4.39 Å². The van der Waals surface area contributed by atoms with E-state index in [9.17, 15) is 4.39 Å².